The maximum atomic E-state index is 12.4. The summed E-state index contributed by atoms with van der Waals surface area (Å²) in [7, 11) is 0. The van der Waals surface area contributed by atoms with Crippen LogP contribution in [0.3, 0.4) is 0 Å². The quantitative estimate of drug-likeness (QED) is 0.798. The number of hydrogen-bond acceptors (Lipinski definition) is 3. The average Bonchev–Trinajstić information content (AvgIpc) is 2.36. The fourth-order valence-electron chi connectivity index (χ4n) is 4.17. The number of allylic oxidation sites excluding steroid dienone is 1. The standard InChI is InChI=1S/C16H22N2O2/c1-10(19)18-13-7-5-6-12-15(2,3)14(20)11(9-17)8-16(12,13)4/h8,12-13H,5-7H2,1-4H3,(H,18,19)/t12-,13+,16-/m0/s1. The minimum absolute atomic E-state index is 0.00512. The first-order chi connectivity index (χ1) is 9.23. The molecule has 2 aliphatic carbocycles. The van der Waals surface area contributed by atoms with Crippen molar-refractivity contribution in [2.24, 2.45) is 16.7 Å². The Morgan fingerprint density at radius 2 is 2.05 bits per heavy atom. The highest BCUT2D eigenvalue weighted by Gasteiger charge is 2.55. The summed E-state index contributed by atoms with van der Waals surface area (Å²) in [6, 6.07) is 2.04. The number of Topliss-reactive ketones (excluding diaryl/α,β-unsaturated/α-hetero) is 1. The number of nitriles is 1. The fraction of sp³-hybridized carbons (Fsp3) is 0.688. The van der Waals surface area contributed by atoms with Crippen molar-refractivity contribution < 1.29 is 9.59 Å². The topological polar surface area (TPSA) is 70.0 Å². The first-order valence-electron chi connectivity index (χ1n) is 7.18. The molecule has 0 heterocycles. The van der Waals surface area contributed by atoms with Crippen LogP contribution in [-0.2, 0) is 9.59 Å². The molecule has 4 nitrogen and oxygen atoms in total. The average molecular weight is 274 g/mol. The third-order valence-electron chi connectivity index (χ3n) is 5.14. The Labute approximate surface area is 120 Å². The van der Waals surface area contributed by atoms with Crippen LogP contribution in [0.1, 0.15) is 47.0 Å². The van der Waals surface area contributed by atoms with Crippen molar-refractivity contribution in [1.29, 1.82) is 5.26 Å². The largest absolute Gasteiger partial charge is 0.353 e. The van der Waals surface area contributed by atoms with Gasteiger partial charge in [0.15, 0.2) is 5.78 Å². The molecule has 0 radical (unpaired) electrons. The molecule has 3 atom stereocenters. The number of hydrogen-bond donors (Lipinski definition) is 1. The Hall–Kier alpha value is -1.63. The number of rotatable bonds is 1. The van der Waals surface area contributed by atoms with E-state index in [1.54, 1.807) is 0 Å². The molecule has 0 unspecified atom stereocenters. The van der Waals surface area contributed by atoms with E-state index in [-0.39, 0.29) is 34.6 Å². The molecule has 1 fully saturated rings. The van der Waals surface area contributed by atoms with Gasteiger partial charge in [-0.2, -0.15) is 5.26 Å². The normalized spacial score (nSPS) is 35.5. The van der Waals surface area contributed by atoms with Crippen LogP contribution in [0.25, 0.3) is 0 Å². The number of nitrogens with zero attached hydrogens (tertiary/aromatic N) is 1. The summed E-state index contributed by atoms with van der Waals surface area (Å²) in [6.07, 6.45) is 4.66. The van der Waals surface area contributed by atoms with Crippen molar-refractivity contribution in [3.63, 3.8) is 0 Å². The Kier molecular flexibility index (Phi) is 3.49. The highest BCUT2D eigenvalue weighted by Crippen LogP contribution is 2.55. The molecule has 0 aromatic rings. The van der Waals surface area contributed by atoms with E-state index in [9.17, 15) is 14.9 Å². The van der Waals surface area contributed by atoms with E-state index in [0.29, 0.717) is 0 Å². The molecule has 1 amide bonds. The van der Waals surface area contributed by atoms with Crippen molar-refractivity contribution in [3.8, 4) is 6.07 Å². The van der Waals surface area contributed by atoms with Gasteiger partial charge in [-0.3, -0.25) is 9.59 Å². The van der Waals surface area contributed by atoms with E-state index in [1.165, 1.54) is 6.92 Å². The predicted molar refractivity (Wildman–Crippen MR) is 75.5 cm³/mol. The SMILES string of the molecule is CC(=O)N[C@@H]1CCC[C@H]2C(C)(C)C(=O)C(C#N)=C[C@]12C. The molecule has 0 aliphatic heterocycles. The second kappa shape index (κ2) is 4.73. The zero-order valence-corrected chi connectivity index (χ0v) is 12.6. The van der Waals surface area contributed by atoms with Crippen LogP contribution in [0.2, 0.25) is 0 Å². The number of carbonyl (C=O) groups is 2. The third-order valence-corrected chi connectivity index (χ3v) is 5.14. The van der Waals surface area contributed by atoms with E-state index in [2.05, 4.69) is 12.2 Å². The van der Waals surface area contributed by atoms with Gasteiger partial charge in [0.2, 0.25) is 5.91 Å². The first-order valence-corrected chi connectivity index (χ1v) is 7.18. The highest BCUT2D eigenvalue weighted by atomic mass is 16.1. The van der Waals surface area contributed by atoms with Gasteiger partial charge in [0.05, 0.1) is 5.57 Å². The molecule has 20 heavy (non-hydrogen) atoms. The second-order valence-electron chi connectivity index (χ2n) is 6.82. The van der Waals surface area contributed by atoms with E-state index < -0.39 is 5.41 Å². The molecule has 2 aliphatic rings. The van der Waals surface area contributed by atoms with Gasteiger partial charge in [-0.25, -0.2) is 0 Å². The number of ketones is 1. The Bertz CT molecular complexity index is 527. The monoisotopic (exact) mass is 274 g/mol. The minimum Gasteiger partial charge on any atom is -0.353 e. The van der Waals surface area contributed by atoms with Gasteiger partial charge in [0.25, 0.3) is 0 Å². The highest BCUT2D eigenvalue weighted by molar-refractivity contribution is 6.04. The van der Waals surface area contributed by atoms with Crippen LogP contribution in [-0.4, -0.2) is 17.7 Å². The predicted octanol–water partition coefficient (Wildman–Crippen LogP) is 2.36. The summed E-state index contributed by atoms with van der Waals surface area (Å²) in [6.45, 7) is 7.45. The lowest BCUT2D eigenvalue weighted by molar-refractivity contribution is -0.132. The van der Waals surface area contributed by atoms with Gasteiger partial charge in [-0.05, 0) is 18.8 Å². The maximum Gasteiger partial charge on any atom is 0.217 e. The molecule has 0 saturated heterocycles. The summed E-state index contributed by atoms with van der Waals surface area (Å²) in [5.41, 5.74) is -0.635. The molecular formula is C16H22N2O2. The Morgan fingerprint density at radius 3 is 2.60 bits per heavy atom. The van der Waals surface area contributed by atoms with E-state index in [4.69, 9.17) is 0 Å². The van der Waals surface area contributed by atoms with Crippen LogP contribution < -0.4 is 5.32 Å². The smallest absolute Gasteiger partial charge is 0.217 e. The number of carbonyl (C=O) groups excluding carboxylic acids is 2. The number of amides is 1. The van der Waals surface area contributed by atoms with Crippen molar-refractivity contribution in [2.75, 3.05) is 0 Å². The number of nitrogens with one attached hydrogen (secondary N) is 1. The Balaban J connectivity index is 2.52. The van der Waals surface area contributed by atoms with Crippen molar-refractivity contribution >= 4 is 11.7 Å². The van der Waals surface area contributed by atoms with E-state index in [0.717, 1.165) is 19.3 Å². The van der Waals surface area contributed by atoms with Crippen LogP contribution in [0.5, 0.6) is 0 Å². The van der Waals surface area contributed by atoms with Crippen molar-refractivity contribution in [1.82, 2.24) is 5.32 Å². The molecule has 0 spiro atoms. The van der Waals surface area contributed by atoms with E-state index in [1.807, 2.05) is 26.0 Å². The molecule has 0 bridgehead atoms. The van der Waals surface area contributed by atoms with E-state index >= 15 is 0 Å². The van der Waals surface area contributed by atoms with Gasteiger partial charge in [-0.15, -0.1) is 0 Å². The Morgan fingerprint density at radius 1 is 1.40 bits per heavy atom. The van der Waals surface area contributed by atoms with Crippen LogP contribution in [0.15, 0.2) is 11.6 Å². The van der Waals surface area contributed by atoms with Crippen LogP contribution >= 0.6 is 0 Å². The lowest BCUT2D eigenvalue weighted by Gasteiger charge is -2.54. The summed E-state index contributed by atoms with van der Waals surface area (Å²) in [4.78, 5) is 23.9. The van der Waals surface area contributed by atoms with Gasteiger partial charge in [0.1, 0.15) is 6.07 Å². The zero-order chi connectivity index (χ0) is 15.1. The summed E-state index contributed by atoms with van der Waals surface area (Å²) >= 11 is 0. The van der Waals surface area contributed by atoms with Gasteiger partial charge >= 0.3 is 0 Å². The van der Waals surface area contributed by atoms with Gasteiger partial charge in [0, 0.05) is 23.8 Å². The third kappa shape index (κ3) is 2.06. The fourth-order valence-corrected chi connectivity index (χ4v) is 4.17. The number of fused-ring (bicyclic) bond motifs is 1. The maximum absolute atomic E-state index is 12.4. The molecule has 1 saturated carbocycles. The van der Waals surface area contributed by atoms with Crippen LogP contribution in [0, 0.1) is 28.1 Å². The molecule has 0 aromatic carbocycles. The molecule has 4 heteroatoms. The van der Waals surface area contributed by atoms with Crippen LogP contribution in [0.4, 0.5) is 0 Å². The molecule has 2 rings (SSSR count). The summed E-state index contributed by atoms with van der Waals surface area (Å²) < 4.78 is 0. The molecule has 1 N–H and O–H groups in total. The first kappa shape index (κ1) is 14.8. The summed E-state index contributed by atoms with van der Waals surface area (Å²) in [5.74, 6) is 0.0367. The minimum atomic E-state index is -0.550. The lowest BCUT2D eigenvalue weighted by Crippen LogP contribution is -2.58. The summed E-state index contributed by atoms with van der Waals surface area (Å²) in [5, 5.41) is 12.3. The van der Waals surface area contributed by atoms with Crippen molar-refractivity contribution in [2.45, 2.75) is 53.0 Å². The van der Waals surface area contributed by atoms with Gasteiger partial charge < -0.3 is 5.32 Å². The molecule has 0 aromatic heterocycles. The lowest BCUT2D eigenvalue weighted by atomic mass is 9.51. The molecule has 108 valence electrons. The van der Waals surface area contributed by atoms with Crippen molar-refractivity contribution in [3.05, 3.63) is 11.6 Å². The van der Waals surface area contributed by atoms with Gasteiger partial charge in [-0.1, -0.05) is 33.3 Å². The molecular weight excluding hydrogens is 252 g/mol. The second-order valence-corrected chi connectivity index (χ2v) is 6.82. The zero-order valence-electron chi connectivity index (χ0n) is 12.6.